The molecule has 6 heteroatoms. The number of rotatable bonds is 10. The van der Waals surface area contributed by atoms with Gasteiger partial charge < -0.3 is 0 Å². The van der Waals surface area contributed by atoms with Crippen molar-refractivity contribution in [3.05, 3.63) is 181 Å². The van der Waals surface area contributed by atoms with E-state index in [9.17, 15) is 0 Å². The van der Waals surface area contributed by atoms with E-state index in [1.807, 2.05) is 37.1 Å². The zero-order valence-corrected chi connectivity index (χ0v) is 31.9. The first-order valence-electron chi connectivity index (χ1n) is 19.4. The quantitative estimate of drug-likeness (QED) is 0.140. The highest BCUT2D eigenvalue weighted by atomic mass is 14.9. The van der Waals surface area contributed by atoms with E-state index in [1.165, 1.54) is 43.4 Å². The molecular formula is C50H42N6. The zero-order chi connectivity index (χ0) is 38.0. The van der Waals surface area contributed by atoms with Crippen LogP contribution >= 0.6 is 0 Å². The van der Waals surface area contributed by atoms with E-state index in [1.54, 1.807) is 0 Å². The third-order valence-corrected chi connectivity index (χ3v) is 10.7. The van der Waals surface area contributed by atoms with E-state index in [2.05, 4.69) is 146 Å². The van der Waals surface area contributed by atoms with E-state index in [4.69, 9.17) is 19.9 Å². The lowest BCUT2D eigenvalue weighted by Crippen LogP contribution is -2.05. The minimum atomic E-state index is 0.149. The van der Waals surface area contributed by atoms with Crippen molar-refractivity contribution >= 4 is 32.3 Å². The molecule has 3 heterocycles. The van der Waals surface area contributed by atoms with Gasteiger partial charge in [-0.3, -0.25) is 0 Å². The highest BCUT2D eigenvalue weighted by Crippen LogP contribution is 2.30. The molecule has 0 aliphatic heterocycles. The van der Waals surface area contributed by atoms with Crippen LogP contribution in [0.25, 0.3) is 66.1 Å². The molecule has 0 bridgehead atoms. The average molecular weight is 727 g/mol. The Bertz CT molecular complexity index is 2820. The maximum atomic E-state index is 5.07. The van der Waals surface area contributed by atoms with Crippen molar-refractivity contribution in [3.8, 4) is 33.8 Å². The number of aromatic nitrogens is 6. The smallest absolute Gasteiger partial charge is 0.159 e. The Morgan fingerprint density at radius 3 is 2.00 bits per heavy atom. The summed E-state index contributed by atoms with van der Waals surface area (Å²) in [5.74, 6) is 2.93. The molecule has 0 spiro atoms. The van der Waals surface area contributed by atoms with Gasteiger partial charge in [0.1, 0.15) is 11.6 Å². The van der Waals surface area contributed by atoms with Gasteiger partial charge in [-0.25, -0.2) is 29.9 Å². The Balaban J connectivity index is 0.864. The summed E-state index contributed by atoms with van der Waals surface area (Å²) < 4.78 is 0. The Kier molecular flexibility index (Phi) is 9.54. The van der Waals surface area contributed by atoms with Crippen molar-refractivity contribution in [2.75, 3.05) is 0 Å². The largest absolute Gasteiger partial charge is 0.241 e. The maximum Gasteiger partial charge on any atom is 0.159 e. The Hall–Kier alpha value is -6.66. The summed E-state index contributed by atoms with van der Waals surface area (Å²) >= 11 is 0. The summed E-state index contributed by atoms with van der Waals surface area (Å²) in [6.45, 7) is 6.43. The van der Waals surface area contributed by atoms with Crippen LogP contribution in [0.15, 0.2) is 152 Å². The Labute approximate surface area is 327 Å². The summed E-state index contributed by atoms with van der Waals surface area (Å²) in [5, 5.41) is 7.19. The van der Waals surface area contributed by atoms with Gasteiger partial charge in [0.2, 0.25) is 0 Å². The van der Waals surface area contributed by atoms with Crippen molar-refractivity contribution < 1.29 is 0 Å². The molecular weight excluding hydrogens is 685 g/mol. The molecule has 9 aromatic rings. The van der Waals surface area contributed by atoms with Crippen LogP contribution in [0.3, 0.4) is 0 Å². The molecule has 6 aromatic carbocycles. The third kappa shape index (κ3) is 7.38. The number of benzene rings is 6. The van der Waals surface area contributed by atoms with Crippen LogP contribution in [0.5, 0.6) is 0 Å². The normalized spacial score (nSPS) is 12.1. The van der Waals surface area contributed by atoms with Crippen molar-refractivity contribution in [1.29, 1.82) is 0 Å². The van der Waals surface area contributed by atoms with Crippen molar-refractivity contribution in [3.63, 3.8) is 0 Å². The fourth-order valence-electron chi connectivity index (χ4n) is 7.55. The number of aryl methyl sites for hydroxylation is 2. The van der Waals surface area contributed by atoms with Crippen LogP contribution < -0.4 is 0 Å². The highest BCUT2D eigenvalue weighted by molar-refractivity contribution is 5.95. The first-order chi connectivity index (χ1) is 27.4. The second-order valence-corrected chi connectivity index (χ2v) is 15.1. The molecule has 0 radical (unpaired) electrons. The molecule has 272 valence electrons. The van der Waals surface area contributed by atoms with E-state index in [0.29, 0.717) is 5.92 Å². The average Bonchev–Trinajstić information content (AvgIpc) is 3.25. The molecule has 0 N–H and O–H groups in total. The number of nitrogens with zero attached hydrogens (tertiary/aromatic N) is 6. The molecule has 0 saturated carbocycles. The fourth-order valence-corrected chi connectivity index (χ4v) is 7.55. The van der Waals surface area contributed by atoms with Crippen molar-refractivity contribution in [2.45, 2.75) is 51.9 Å². The standard InChI is InChI=1S/C50H42N6/c1-32(2)48-54-30-44(31-55-48)41-18-17-37-15-14-35(25-43(37)27-41)23-33(3)49-51-22-21-47(56-49)42-20-19-39-24-34(13-16-40(39)26-42)11-12-36-28-52-50(53-29-36)46-10-6-8-38-7-4-5-9-45(38)46/h4-10,13-22,24-33H,11-12,23H2,1-3H3/t33-/m1/s1. The fraction of sp³-hybridized carbons (Fsp3) is 0.160. The predicted molar refractivity (Wildman–Crippen MR) is 229 cm³/mol. The van der Waals surface area contributed by atoms with Crippen molar-refractivity contribution in [1.82, 2.24) is 29.9 Å². The summed E-state index contributed by atoms with van der Waals surface area (Å²) in [4.78, 5) is 28.4. The lowest BCUT2D eigenvalue weighted by Gasteiger charge is -2.13. The van der Waals surface area contributed by atoms with Gasteiger partial charge in [0, 0.05) is 59.5 Å². The highest BCUT2D eigenvalue weighted by Gasteiger charge is 2.14. The first kappa shape index (κ1) is 35.1. The topological polar surface area (TPSA) is 77.3 Å². The molecule has 3 aromatic heterocycles. The predicted octanol–water partition coefficient (Wildman–Crippen LogP) is 11.8. The van der Waals surface area contributed by atoms with E-state index in [-0.39, 0.29) is 5.92 Å². The zero-order valence-electron chi connectivity index (χ0n) is 31.9. The van der Waals surface area contributed by atoms with Gasteiger partial charge in [-0.05, 0) is 92.0 Å². The van der Waals surface area contributed by atoms with Crippen LogP contribution in [0.4, 0.5) is 0 Å². The SMILES string of the molecule is CC(C)c1ncc(-c2ccc3ccc(C[C@@H](C)c4nccc(-c5ccc6cc(CCc7cnc(-c8cccc9ccccc89)nc7)ccc6c5)n4)cc3c2)cn1. The molecule has 1 atom stereocenters. The summed E-state index contributed by atoms with van der Waals surface area (Å²) in [6, 6.07) is 43.3. The lowest BCUT2D eigenvalue weighted by molar-refractivity contribution is 0.699. The molecule has 0 unspecified atom stereocenters. The van der Waals surface area contributed by atoms with Crippen LogP contribution in [0.2, 0.25) is 0 Å². The lowest BCUT2D eigenvalue weighted by atomic mass is 9.96. The van der Waals surface area contributed by atoms with Crippen LogP contribution in [-0.2, 0) is 19.3 Å². The number of fused-ring (bicyclic) bond motifs is 3. The van der Waals surface area contributed by atoms with Gasteiger partial charge in [-0.15, -0.1) is 0 Å². The Morgan fingerprint density at radius 1 is 0.464 bits per heavy atom. The molecule has 9 rings (SSSR count). The minimum Gasteiger partial charge on any atom is -0.241 e. The van der Waals surface area contributed by atoms with E-state index in [0.717, 1.165) is 70.2 Å². The molecule has 6 nitrogen and oxygen atoms in total. The molecule has 0 saturated heterocycles. The minimum absolute atomic E-state index is 0.149. The monoisotopic (exact) mass is 726 g/mol. The van der Waals surface area contributed by atoms with Crippen LogP contribution in [-0.4, -0.2) is 29.9 Å². The van der Waals surface area contributed by atoms with Gasteiger partial charge in [0.15, 0.2) is 5.82 Å². The maximum absolute atomic E-state index is 5.07. The van der Waals surface area contributed by atoms with Gasteiger partial charge >= 0.3 is 0 Å². The second kappa shape index (κ2) is 15.2. The number of hydrogen-bond acceptors (Lipinski definition) is 6. The molecule has 0 aliphatic rings. The van der Waals surface area contributed by atoms with Gasteiger partial charge in [0.05, 0.1) is 5.69 Å². The summed E-state index contributed by atoms with van der Waals surface area (Å²) in [7, 11) is 0. The third-order valence-electron chi connectivity index (χ3n) is 10.7. The van der Waals surface area contributed by atoms with Gasteiger partial charge in [-0.1, -0.05) is 124 Å². The second-order valence-electron chi connectivity index (χ2n) is 15.1. The van der Waals surface area contributed by atoms with E-state index < -0.39 is 0 Å². The molecule has 56 heavy (non-hydrogen) atoms. The first-order valence-corrected chi connectivity index (χ1v) is 19.4. The molecule has 0 amide bonds. The van der Waals surface area contributed by atoms with E-state index >= 15 is 0 Å². The Morgan fingerprint density at radius 2 is 1.14 bits per heavy atom. The van der Waals surface area contributed by atoms with Gasteiger partial charge in [-0.2, -0.15) is 0 Å². The summed E-state index contributed by atoms with van der Waals surface area (Å²) in [6.07, 6.45) is 12.3. The van der Waals surface area contributed by atoms with Crippen molar-refractivity contribution in [2.24, 2.45) is 0 Å². The molecule has 0 aliphatic carbocycles. The molecule has 0 fully saturated rings. The van der Waals surface area contributed by atoms with Gasteiger partial charge in [0.25, 0.3) is 0 Å². The van der Waals surface area contributed by atoms with Crippen LogP contribution in [0, 0.1) is 0 Å². The summed E-state index contributed by atoms with van der Waals surface area (Å²) in [5.41, 5.74) is 8.92. The van der Waals surface area contributed by atoms with Crippen LogP contribution in [0.1, 0.15) is 60.9 Å². The number of hydrogen-bond donors (Lipinski definition) is 0.